The predicted molar refractivity (Wildman–Crippen MR) is 117 cm³/mol. The Bertz CT molecular complexity index is 1030. The highest BCUT2D eigenvalue weighted by atomic mass is 19.1. The van der Waals surface area contributed by atoms with Crippen molar-refractivity contribution in [3.05, 3.63) is 60.1 Å². The molecule has 0 atom stereocenters. The van der Waals surface area contributed by atoms with Gasteiger partial charge in [-0.1, -0.05) is 19.1 Å². The number of hydrogen-bond acceptors (Lipinski definition) is 4. The van der Waals surface area contributed by atoms with Gasteiger partial charge in [0, 0.05) is 57.1 Å². The monoisotopic (exact) mass is 424 g/mol. The van der Waals surface area contributed by atoms with Crippen molar-refractivity contribution in [2.75, 3.05) is 13.1 Å². The number of imidazole rings is 1. The van der Waals surface area contributed by atoms with Gasteiger partial charge in [0.2, 0.25) is 5.91 Å². The lowest BCUT2D eigenvalue weighted by Gasteiger charge is -2.32. The third kappa shape index (κ3) is 5.02. The molecule has 0 radical (unpaired) electrons. The molecule has 3 heterocycles. The number of piperidine rings is 1. The van der Waals surface area contributed by atoms with Crippen LogP contribution in [0.1, 0.15) is 31.3 Å². The second-order valence-corrected chi connectivity index (χ2v) is 8.07. The van der Waals surface area contributed by atoms with Crippen molar-refractivity contribution in [3.63, 3.8) is 0 Å². The fraction of sp³-hybridized carbons (Fsp3) is 0.435. The molecular formula is C23H29FN6O. The minimum atomic E-state index is -0.259. The molecule has 164 valence electrons. The van der Waals surface area contributed by atoms with Gasteiger partial charge in [-0.15, -0.1) is 0 Å². The highest BCUT2D eigenvalue weighted by Crippen LogP contribution is 2.23. The van der Waals surface area contributed by atoms with Crippen LogP contribution in [0, 0.1) is 5.82 Å². The molecular weight excluding hydrogens is 395 g/mol. The Morgan fingerprint density at radius 3 is 2.77 bits per heavy atom. The third-order valence-corrected chi connectivity index (χ3v) is 5.90. The summed E-state index contributed by atoms with van der Waals surface area (Å²) < 4.78 is 17.8. The molecule has 1 aliphatic rings. The molecule has 4 rings (SSSR count). The van der Waals surface area contributed by atoms with Crippen molar-refractivity contribution >= 4 is 5.91 Å². The van der Waals surface area contributed by atoms with Crippen LogP contribution < -0.4 is 5.32 Å². The number of aryl methyl sites for hydroxylation is 2. The molecule has 2 aromatic heterocycles. The van der Waals surface area contributed by atoms with E-state index in [2.05, 4.69) is 20.3 Å². The third-order valence-electron chi connectivity index (χ3n) is 5.90. The maximum Gasteiger partial charge on any atom is 0.240 e. The lowest BCUT2D eigenvalue weighted by atomic mass is 10.0. The van der Waals surface area contributed by atoms with Crippen molar-refractivity contribution in [1.82, 2.24) is 29.5 Å². The van der Waals surface area contributed by atoms with Gasteiger partial charge in [0.25, 0.3) is 0 Å². The summed E-state index contributed by atoms with van der Waals surface area (Å²) in [6.45, 7) is 4.91. The van der Waals surface area contributed by atoms with Crippen LogP contribution in [0.3, 0.4) is 0 Å². The molecule has 1 amide bonds. The fourth-order valence-corrected chi connectivity index (χ4v) is 4.15. The van der Waals surface area contributed by atoms with Crippen LogP contribution in [-0.2, 0) is 31.4 Å². The molecule has 31 heavy (non-hydrogen) atoms. The normalized spacial score (nSPS) is 15.3. The SMILES string of the molecule is CCc1nccn1CC(=O)NC1CCN(Cc2cc(-c3ccccc3F)nn2C)CC1. The number of nitrogens with one attached hydrogen (secondary N) is 1. The van der Waals surface area contributed by atoms with Gasteiger partial charge in [0.1, 0.15) is 18.2 Å². The Hall–Kier alpha value is -3.00. The number of rotatable bonds is 7. The molecule has 1 aromatic carbocycles. The zero-order valence-corrected chi connectivity index (χ0v) is 18.1. The van der Waals surface area contributed by atoms with Crippen molar-refractivity contribution in [1.29, 1.82) is 0 Å². The number of hydrogen-bond donors (Lipinski definition) is 1. The summed E-state index contributed by atoms with van der Waals surface area (Å²) in [6, 6.07) is 8.87. The zero-order valence-electron chi connectivity index (χ0n) is 18.1. The minimum Gasteiger partial charge on any atom is -0.352 e. The highest BCUT2D eigenvalue weighted by molar-refractivity contribution is 5.76. The molecule has 0 saturated carbocycles. The first-order valence-electron chi connectivity index (χ1n) is 10.8. The van der Waals surface area contributed by atoms with Gasteiger partial charge in [-0.3, -0.25) is 14.4 Å². The Morgan fingerprint density at radius 2 is 2.03 bits per heavy atom. The second-order valence-electron chi connectivity index (χ2n) is 8.07. The van der Waals surface area contributed by atoms with Gasteiger partial charge in [-0.05, 0) is 31.0 Å². The number of carbonyl (C=O) groups excluding carboxylic acids is 1. The zero-order chi connectivity index (χ0) is 21.8. The lowest BCUT2D eigenvalue weighted by Crippen LogP contribution is -2.45. The molecule has 8 heteroatoms. The average molecular weight is 425 g/mol. The van der Waals surface area contributed by atoms with Gasteiger partial charge in [-0.25, -0.2) is 9.37 Å². The Morgan fingerprint density at radius 1 is 1.26 bits per heavy atom. The van der Waals surface area contributed by atoms with Crippen LogP contribution in [0.25, 0.3) is 11.3 Å². The number of nitrogens with zero attached hydrogens (tertiary/aromatic N) is 5. The first-order valence-corrected chi connectivity index (χ1v) is 10.8. The number of benzene rings is 1. The highest BCUT2D eigenvalue weighted by Gasteiger charge is 2.22. The van der Waals surface area contributed by atoms with Crippen LogP contribution in [-0.4, -0.2) is 49.3 Å². The summed E-state index contributed by atoms with van der Waals surface area (Å²) in [5.41, 5.74) is 2.23. The summed E-state index contributed by atoms with van der Waals surface area (Å²) in [7, 11) is 1.90. The maximum atomic E-state index is 14.1. The van der Waals surface area contributed by atoms with Crippen LogP contribution in [0.15, 0.2) is 42.7 Å². The van der Waals surface area contributed by atoms with E-state index in [0.29, 0.717) is 17.8 Å². The van der Waals surface area contributed by atoms with Gasteiger partial charge in [0.15, 0.2) is 0 Å². The quantitative estimate of drug-likeness (QED) is 0.633. The number of aromatic nitrogens is 4. The summed E-state index contributed by atoms with van der Waals surface area (Å²) in [5, 5.41) is 7.66. The van der Waals surface area contributed by atoms with Gasteiger partial charge in [-0.2, -0.15) is 5.10 Å². The molecule has 3 aromatic rings. The molecule has 7 nitrogen and oxygen atoms in total. The van der Waals surface area contributed by atoms with Crippen molar-refractivity contribution in [2.45, 2.75) is 45.3 Å². The fourth-order valence-electron chi connectivity index (χ4n) is 4.15. The van der Waals surface area contributed by atoms with E-state index in [0.717, 1.165) is 50.4 Å². The van der Waals surface area contributed by atoms with Crippen LogP contribution in [0.5, 0.6) is 0 Å². The van der Waals surface area contributed by atoms with E-state index in [-0.39, 0.29) is 17.8 Å². The van der Waals surface area contributed by atoms with Gasteiger partial charge in [0.05, 0.1) is 11.4 Å². The summed E-state index contributed by atoms with van der Waals surface area (Å²) in [5.74, 6) is 0.702. The largest absolute Gasteiger partial charge is 0.352 e. The first-order chi connectivity index (χ1) is 15.0. The molecule has 0 aliphatic carbocycles. The van der Waals surface area contributed by atoms with Crippen molar-refractivity contribution in [2.24, 2.45) is 7.05 Å². The average Bonchev–Trinajstić information content (AvgIpc) is 3.36. The Balaban J connectivity index is 1.29. The van der Waals surface area contributed by atoms with E-state index in [1.165, 1.54) is 6.07 Å². The molecule has 1 saturated heterocycles. The number of halogens is 1. The van der Waals surface area contributed by atoms with Crippen LogP contribution >= 0.6 is 0 Å². The second kappa shape index (κ2) is 9.43. The number of carbonyl (C=O) groups is 1. The predicted octanol–water partition coefficient (Wildman–Crippen LogP) is 2.77. The molecule has 1 aliphatic heterocycles. The van der Waals surface area contributed by atoms with Crippen LogP contribution in [0.2, 0.25) is 0 Å². The van der Waals surface area contributed by atoms with E-state index in [1.807, 2.05) is 41.5 Å². The molecule has 0 bridgehead atoms. The van der Waals surface area contributed by atoms with E-state index in [9.17, 15) is 9.18 Å². The van der Waals surface area contributed by atoms with Gasteiger partial charge < -0.3 is 9.88 Å². The van der Waals surface area contributed by atoms with E-state index in [1.54, 1.807) is 18.3 Å². The maximum absolute atomic E-state index is 14.1. The Kier molecular flexibility index (Phi) is 6.46. The molecule has 1 N–H and O–H groups in total. The molecule has 1 fully saturated rings. The van der Waals surface area contributed by atoms with Crippen LogP contribution in [0.4, 0.5) is 4.39 Å². The van der Waals surface area contributed by atoms with E-state index >= 15 is 0 Å². The lowest BCUT2D eigenvalue weighted by molar-refractivity contribution is -0.122. The smallest absolute Gasteiger partial charge is 0.240 e. The summed E-state index contributed by atoms with van der Waals surface area (Å²) in [6.07, 6.45) is 6.22. The van der Waals surface area contributed by atoms with Gasteiger partial charge >= 0.3 is 0 Å². The Labute approximate surface area is 181 Å². The molecule has 0 spiro atoms. The number of likely N-dealkylation sites (tertiary alicyclic amines) is 1. The van der Waals surface area contributed by atoms with E-state index < -0.39 is 0 Å². The molecule has 0 unspecified atom stereocenters. The summed E-state index contributed by atoms with van der Waals surface area (Å²) >= 11 is 0. The topological polar surface area (TPSA) is 68.0 Å². The van der Waals surface area contributed by atoms with E-state index in [4.69, 9.17) is 0 Å². The summed E-state index contributed by atoms with van der Waals surface area (Å²) in [4.78, 5) is 19.0. The minimum absolute atomic E-state index is 0.0346. The standard InChI is InChI=1S/C23H29FN6O/c1-3-22-25-10-13-30(22)16-23(31)26-17-8-11-29(12-9-17)15-18-14-21(27-28(18)2)19-6-4-5-7-20(19)24/h4-7,10,13-14,17H,3,8-9,11-12,15-16H2,1-2H3,(H,26,31). The van der Waals surface area contributed by atoms with Crippen molar-refractivity contribution < 1.29 is 9.18 Å². The first kappa shape index (κ1) is 21.2. The number of amides is 1. The van der Waals surface area contributed by atoms with Crippen molar-refractivity contribution in [3.8, 4) is 11.3 Å².